The van der Waals surface area contributed by atoms with Crippen molar-refractivity contribution in [3.63, 3.8) is 0 Å². The summed E-state index contributed by atoms with van der Waals surface area (Å²) in [6, 6.07) is 8.54. The van der Waals surface area contributed by atoms with E-state index in [1.54, 1.807) is 0 Å². The Bertz CT molecular complexity index is 412. The fourth-order valence-electron chi connectivity index (χ4n) is 2.64. The van der Waals surface area contributed by atoms with Gasteiger partial charge in [-0.05, 0) is 35.8 Å². The SMILES string of the molecule is CC(C)(C)CC(=O)C1CCc2ccccc2C1. The first-order chi connectivity index (χ1) is 7.96. The summed E-state index contributed by atoms with van der Waals surface area (Å²) >= 11 is 0. The Labute approximate surface area is 104 Å². The number of carbonyl (C=O) groups is 1. The molecule has 1 atom stereocenters. The van der Waals surface area contributed by atoms with Crippen LogP contribution in [0.5, 0.6) is 0 Å². The zero-order chi connectivity index (χ0) is 12.5. The van der Waals surface area contributed by atoms with E-state index in [9.17, 15) is 4.79 Å². The number of fused-ring (bicyclic) bond motifs is 1. The summed E-state index contributed by atoms with van der Waals surface area (Å²) in [6.07, 6.45) is 3.76. The predicted octanol–water partition coefficient (Wildman–Crippen LogP) is 3.80. The van der Waals surface area contributed by atoms with Gasteiger partial charge in [0.1, 0.15) is 5.78 Å². The molecule has 92 valence electrons. The average molecular weight is 230 g/mol. The molecular formula is C16H22O. The molecule has 0 saturated carbocycles. The van der Waals surface area contributed by atoms with Crippen molar-refractivity contribution in [3.05, 3.63) is 35.4 Å². The molecule has 1 aromatic carbocycles. The quantitative estimate of drug-likeness (QED) is 0.755. The Hall–Kier alpha value is -1.11. The van der Waals surface area contributed by atoms with Crippen LogP contribution in [0.25, 0.3) is 0 Å². The summed E-state index contributed by atoms with van der Waals surface area (Å²) in [5.74, 6) is 0.705. The van der Waals surface area contributed by atoms with Crippen molar-refractivity contribution < 1.29 is 4.79 Å². The van der Waals surface area contributed by atoms with Crippen LogP contribution in [-0.2, 0) is 17.6 Å². The van der Waals surface area contributed by atoms with Gasteiger partial charge in [0.25, 0.3) is 0 Å². The Kier molecular flexibility index (Phi) is 3.37. The maximum absolute atomic E-state index is 12.2. The third-order valence-electron chi connectivity index (χ3n) is 3.51. The summed E-state index contributed by atoms with van der Waals surface area (Å²) in [4.78, 5) is 12.2. The van der Waals surface area contributed by atoms with Crippen LogP contribution >= 0.6 is 0 Å². The van der Waals surface area contributed by atoms with Crippen molar-refractivity contribution in [2.75, 3.05) is 0 Å². The topological polar surface area (TPSA) is 17.1 Å². The van der Waals surface area contributed by atoms with E-state index < -0.39 is 0 Å². The van der Waals surface area contributed by atoms with E-state index in [0.29, 0.717) is 12.2 Å². The summed E-state index contributed by atoms with van der Waals surface area (Å²) < 4.78 is 0. The van der Waals surface area contributed by atoms with Gasteiger partial charge in [-0.25, -0.2) is 0 Å². The van der Waals surface area contributed by atoms with Gasteiger partial charge < -0.3 is 0 Å². The molecule has 0 radical (unpaired) electrons. The van der Waals surface area contributed by atoms with Crippen LogP contribution in [0.3, 0.4) is 0 Å². The first-order valence-electron chi connectivity index (χ1n) is 6.55. The molecule has 0 saturated heterocycles. The lowest BCUT2D eigenvalue weighted by Gasteiger charge is -2.26. The largest absolute Gasteiger partial charge is 0.299 e. The van der Waals surface area contributed by atoms with E-state index in [4.69, 9.17) is 0 Å². The zero-order valence-corrected chi connectivity index (χ0v) is 11.1. The van der Waals surface area contributed by atoms with Gasteiger partial charge in [-0.2, -0.15) is 0 Å². The summed E-state index contributed by atoms with van der Waals surface area (Å²) in [5, 5.41) is 0. The molecule has 0 N–H and O–H groups in total. The van der Waals surface area contributed by atoms with Crippen molar-refractivity contribution >= 4 is 5.78 Å². The number of ketones is 1. The van der Waals surface area contributed by atoms with Crippen LogP contribution in [0.15, 0.2) is 24.3 Å². The fraction of sp³-hybridized carbons (Fsp3) is 0.562. The van der Waals surface area contributed by atoms with Gasteiger partial charge in [-0.15, -0.1) is 0 Å². The Morgan fingerprint density at radius 3 is 2.53 bits per heavy atom. The second kappa shape index (κ2) is 4.64. The van der Waals surface area contributed by atoms with E-state index in [1.165, 1.54) is 11.1 Å². The number of aryl methyl sites for hydroxylation is 1. The van der Waals surface area contributed by atoms with Crippen LogP contribution in [0.1, 0.15) is 44.7 Å². The molecule has 0 amide bonds. The van der Waals surface area contributed by atoms with E-state index in [2.05, 4.69) is 45.0 Å². The lowest BCUT2D eigenvalue weighted by Crippen LogP contribution is -2.26. The van der Waals surface area contributed by atoms with Gasteiger partial charge in [0, 0.05) is 12.3 Å². The molecule has 0 aliphatic heterocycles. The molecule has 1 aromatic rings. The molecule has 2 rings (SSSR count). The first kappa shape index (κ1) is 12.3. The molecule has 0 bridgehead atoms. The lowest BCUT2D eigenvalue weighted by atomic mass is 9.77. The highest BCUT2D eigenvalue weighted by Gasteiger charge is 2.27. The molecule has 0 fully saturated rings. The normalized spacial score (nSPS) is 19.8. The molecule has 0 spiro atoms. The Morgan fingerprint density at radius 2 is 1.88 bits per heavy atom. The van der Waals surface area contributed by atoms with Gasteiger partial charge in [0.2, 0.25) is 0 Å². The van der Waals surface area contributed by atoms with Gasteiger partial charge in [0.15, 0.2) is 0 Å². The highest BCUT2D eigenvalue weighted by molar-refractivity contribution is 5.82. The fourth-order valence-corrected chi connectivity index (χ4v) is 2.64. The highest BCUT2D eigenvalue weighted by atomic mass is 16.1. The molecule has 1 nitrogen and oxygen atoms in total. The van der Waals surface area contributed by atoms with Crippen LogP contribution in [-0.4, -0.2) is 5.78 Å². The first-order valence-corrected chi connectivity index (χ1v) is 6.55. The number of Topliss-reactive ketones (excluding diaryl/α,β-unsaturated/α-hetero) is 1. The van der Waals surface area contributed by atoms with E-state index in [1.807, 2.05) is 0 Å². The van der Waals surface area contributed by atoms with E-state index >= 15 is 0 Å². The monoisotopic (exact) mass is 230 g/mol. The standard InChI is InChI=1S/C16H22O/c1-16(2,3)11-15(17)14-9-8-12-6-4-5-7-13(12)10-14/h4-7,14H,8-11H2,1-3H3. The number of hydrogen-bond donors (Lipinski definition) is 0. The Balaban J connectivity index is 2.05. The minimum absolute atomic E-state index is 0.119. The molecule has 0 aromatic heterocycles. The molecule has 1 aliphatic rings. The summed E-state index contributed by atoms with van der Waals surface area (Å²) in [7, 11) is 0. The van der Waals surface area contributed by atoms with Gasteiger partial charge in [-0.1, -0.05) is 45.0 Å². The number of benzene rings is 1. The lowest BCUT2D eigenvalue weighted by molar-refractivity contribution is -0.124. The number of rotatable bonds is 2. The molecular weight excluding hydrogens is 208 g/mol. The van der Waals surface area contributed by atoms with Crippen LogP contribution < -0.4 is 0 Å². The smallest absolute Gasteiger partial charge is 0.136 e. The van der Waals surface area contributed by atoms with Crippen LogP contribution in [0.2, 0.25) is 0 Å². The molecule has 17 heavy (non-hydrogen) atoms. The van der Waals surface area contributed by atoms with Crippen molar-refractivity contribution in [2.45, 2.75) is 46.5 Å². The van der Waals surface area contributed by atoms with Crippen LogP contribution in [0.4, 0.5) is 0 Å². The van der Waals surface area contributed by atoms with Gasteiger partial charge in [0.05, 0.1) is 0 Å². The highest BCUT2D eigenvalue weighted by Crippen LogP contribution is 2.29. The minimum Gasteiger partial charge on any atom is -0.299 e. The second-order valence-corrected chi connectivity index (χ2v) is 6.41. The van der Waals surface area contributed by atoms with Crippen molar-refractivity contribution in [2.24, 2.45) is 11.3 Å². The number of carbonyl (C=O) groups excluding carboxylic acids is 1. The predicted molar refractivity (Wildman–Crippen MR) is 71.0 cm³/mol. The number of hydrogen-bond acceptors (Lipinski definition) is 1. The zero-order valence-electron chi connectivity index (χ0n) is 11.1. The van der Waals surface area contributed by atoms with Gasteiger partial charge in [-0.3, -0.25) is 4.79 Å². The Morgan fingerprint density at radius 1 is 1.24 bits per heavy atom. The van der Waals surface area contributed by atoms with Crippen molar-refractivity contribution in [1.29, 1.82) is 0 Å². The maximum atomic E-state index is 12.2. The molecule has 0 heterocycles. The van der Waals surface area contributed by atoms with Crippen molar-refractivity contribution in [3.8, 4) is 0 Å². The summed E-state index contributed by atoms with van der Waals surface area (Å²) in [6.45, 7) is 6.42. The van der Waals surface area contributed by atoms with Gasteiger partial charge >= 0.3 is 0 Å². The maximum Gasteiger partial charge on any atom is 0.136 e. The minimum atomic E-state index is 0.119. The second-order valence-electron chi connectivity index (χ2n) is 6.41. The molecule has 1 heteroatoms. The van der Waals surface area contributed by atoms with Crippen LogP contribution in [0, 0.1) is 11.3 Å². The summed E-state index contributed by atoms with van der Waals surface area (Å²) in [5.41, 5.74) is 2.94. The molecule has 1 aliphatic carbocycles. The van der Waals surface area contributed by atoms with Crippen molar-refractivity contribution in [1.82, 2.24) is 0 Å². The van der Waals surface area contributed by atoms with E-state index in [-0.39, 0.29) is 11.3 Å². The molecule has 1 unspecified atom stereocenters. The van der Waals surface area contributed by atoms with E-state index in [0.717, 1.165) is 19.3 Å². The average Bonchev–Trinajstić information content (AvgIpc) is 2.26. The third kappa shape index (κ3) is 3.18. The third-order valence-corrected chi connectivity index (χ3v) is 3.51.